The number of hydrogen-bond acceptors (Lipinski definition) is 5. The molecule has 2 aromatic carbocycles. The third-order valence-electron chi connectivity index (χ3n) is 6.19. The van der Waals surface area contributed by atoms with E-state index in [1.54, 1.807) is 0 Å². The lowest BCUT2D eigenvalue weighted by atomic mass is 9.90. The zero-order valence-electron chi connectivity index (χ0n) is 19.1. The van der Waals surface area contributed by atoms with E-state index in [0.29, 0.717) is 23.3 Å². The number of hydrogen-bond donors (Lipinski definition) is 1. The van der Waals surface area contributed by atoms with Crippen LogP contribution in [0.15, 0.2) is 60.8 Å². The summed E-state index contributed by atoms with van der Waals surface area (Å²) in [5, 5.41) is 9.59. The first-order valence-electron chi connectivity index (χ1n) is 11.7. The molecule has 1 aliphatic rings. The highest BCUT2D eigenvalue weighted by Gasteiger charge is 2.23. The third kappa shape index (κ3) is 6.09. The summed E-state index contributed by atoms with van der Waals surface area (Å²) in [6.45, 7) is 3.97. The summed E-state index contributed by atoms with van der Waals surface area (Å²) in [7, 11) is 0. The molecule has 0 atom stereocenters. The molecule has 6 heteroatoms. The molecule has 0 unspecified atom stereocenters. The highest BCUT2D eigenvalue weighted by Crippen LogP contribution is 2.25. The number of carboxylic acids is 1. The molecule has 1 fully saturated rings. The predicted octanol–water partition coefficient (Wildman–Crippen LogP) is 5.17. The van der Waals surface area contributed by atoms with Gasteiger partial charge in [0.15, 0.2) is 0 Å². The molecule has 1 saturated heterocycles. The first kappa shape index (κ1) is 22.8. The molecule has 172 valence electrons. The molecule has 33 heavy (non-hydrogen) atoms. The molecule has 1 aliphatic heterocycles. The van der Waals surface area contributed by atoms with E-state index in [-0.39, 0.29) is 12.2 Å². The fraction of sp³-hybridized carbons (Fsp3) is 0.370. The van der Waals surface area contributed by atoms with Gasteiger partial charge in [-0.3, -0.25) is 0 Å². The van der Waals surface area contributed by atoms with Gasteiger partial charge in [-0.05, 0) is 54.9 Å². The van der Waals surface area contributed by atoms with E-state index in [2.05, 4.69) is 46.1 Å². The van der Waals surface area contributed by atoms with Gasteiger partial charge < -0.3 is 14.7 Å². The van der Waals surface area contributed by atoms with Crippen LogP contribution in [0.25, 0.3) is 0 Å². The Morgan fingerprint density at radius 1 is 1.06 bits per heavy atom. The number of benzene rings is 2. The topological polar surface area (TPSA) is 75.5 Å². The lowest BCUT2D eigenvalue weighted by Crippen LogP contribution is -2.35. The fourth-order valence-electron chi connectivity index (χ4n) is 4.32. The van der Waals surface area contributed by atoms with Gasteiger partial charge in [0, 0.05) is 19.3 Å². The molecule has 0 spiro atoms. The summed E-state index contributed by atoms with van der Waals surface area (Å²) < 4.78 is 5.87. The van der Waals surface area contributed by atoms with Gasteiger partial charge in [0.05, 0.1) is 5.69 Å². The second-order valence-electron chi connectivity index (χ2n) is 8.64. The van der Waals surface area contributed by atoms with Gasteiger partial charge >= 0.3 is 5.97 Å². The Bertz CT molecular complexity index is 1050. The van der Waals surface area contributed by atoms with E-state index in [1.807, 2.05) is 30.3 Å². The Kier molecular flexibility index (Phi) is 7.55. The molecule has 0 aliphatic carbocycles. The molecular weight excluding hydrogens is 414 g/mol. The van der Waals surface area contributed by atoms with Gasteiger partial charge in [-0.2, -0.15) is 0 Å². The second-order valence-corrected chi connectivity index (χ2v) is 8.64. The SMILES string of the molecule is CCCc1ccc(OCc2nc(N3CCC(Cc4ccccc4)CC3)ncc2C(=O)O)cc1. The van der Waals surface area contributed by atoms with Crippen LogP contribution in [0.1, 0.15) is 53.4 Å². The Hall–Kier alpha value is -3.41. The molecule has 1 aromatic heterocycles. The number of anilines is 1. The summed E-state index contributed by atoms with van der Waals surface area (Å²) >= 11 is 0. The van der Waals surface area contributed by atoms with Crippen LogP contribution in [0.2, 0.25) is 0 Å². The zero-order valence-corrected chi connectivity index (χ0v) is 19.1. The maximum absolute atomic E-state index is 11.7. The van der Waals surface area contributed by atoms with E-state index in [9.17, 15) is 9.90 Å². The van der Waals surface area contributed by atoms with Crippen molar-refractivity contribution >= 4 is 11.9 Å². The molecule has 2 heterocycles. The number of ether oxygens (including phenoxy) is 1. The van der Waals surface area contributed by atoms with E-state index < -0.39 is 5.97 Å². The standard InChI is InChI=1S/C27H31N3O3/c1-2-6-20-9-11-23(12-10-20)33-19-25-24(26(31)32)18-28-27(29-25)30-15-13-22(14-16-30)17-21-7-4-3-5-8-21/h3-5,7-12,18,22H,2,6,13-17,19H2,1H3,(H,31,32). The summed E-state index contributed by atoms with van der Waals surface area (Å²) in [5.41, 5.74) is 3.12. The minimum atomic E-state index is -1.04. The van der Waals surface area contributed by atoms with Crippen molar-refractivity contribution in [2.24, 2.45) is 5.92 Å². The lowest BCUT2D eigenvalue weighted by Gasteiger charge is -2.32. The van der Waals surface area contributed by atoms with E-state index in [0.717, 1.165) is 45.2 Å². The van der Waals surface area contributed by atoms with Crippen LogP contribution in [0.3, 0.4) is 0 Å². The van der Waals surface area contributed by atoms with Crippen molar-refractivity contribution in [3.05, 3.63) is 83.2 Å². The average Bonchev–Trinajstić information content (AvgIpc) is 2.85. The predicted molar refractivity (Wildman–Crippen MR) is 129 cm³/mol. The smallest absolute Gasteiger partial charge is 0.339 e. The van der Waals surface area contributed by atoms with Crippen LogP contribution in [0, 0.1) is 5.92 Å². The van der Waals surface area contributed by atoms with Crippen molar-refractivity contribution in [1.29, 1.82) is 0 Å². The molecule has 0 radical (unpaired) electrons. The van der Waals surface area contributed by atoms with Gasteiger partial charge in [-0.25, -0.2) is 14.8 Å². The molecule has 6 nitrogen and oxygen atoms in total. The van der Waals surface area contributed by atoms with Gasteiger partial charge in [0.25, 0.3) is 0 Å². The normalized spacial score (nSPS) is 14.3. The minimum Gasteiger partial charge on any atom is -0.487 e. The number of carboxylic acid groups (broad SMARTS) is 1. The van der Waals surface area contributed by atoms with Crippen LogP contribution in [0.4, 0.5) is 5.95 Å². The van der Waals surface area contributed by atoms with Crippen molar-refractivity contribution < 1.29 is 14.6 Å². The quantitative estimate of drug-likeness (QED) is 0.490. The van der Waals surface area contributed by atoms with Gasteiger partial charge in [0.2, 0.25) is 5.95 Å². The summed E-state index contributed by atoms with van der Waals surface area (Å²) in [5.74, 6) is 0.878. The van der Waals surface area contributed by atoms with E-state index in [1.165, 1.54) is 17.3 Å². The highest BCUT2D eigenvalue weighted by molar-refractivity contribution is 5.88. The first-order chi connectivity index (χ1) is 16.1. The highest BCUT2D eigenvalue weighted by atomic mass is 16.5. The fourth-order valence-corrected chi connectivity index (χ4v) is 4.32. The van der Waals surface area contributed by atoms with Gasteiger partial charge in [0.1, 0.15) is 17.9 Å². The number of aryl methyl sites for hydroxylation is 1. The number of piperidine rings is 1. The molecule has 0 bridgehead atoms. The van der Waals surface area contributed by atoms with E-state index in [4.69, 9.17) is 4.74 Å². The molecule has 4 rings (SSSR count). The monoisotopic (exact) mass is 445 g/mol. The summed E-state index contributed by atoms with van der Waals surface area (Å²) in [6.07, 6.45) is 6.74. The minimum absolute atomic E-state index is 0.0836. The van der Waals surface area contributed by atoms with Crippen LogP contribution in [0.5, 0.6) is 5.75 Å². The molecule has 0 amide bonds. The van der Waals surface area contributed by atoms with Crippen molar-refractivity contribution in [3.8, 4) is 5.75 Å². The Morgan fingerprint density at radius 3 is 2.45 bits per heavy atom. The molecule has 3 aromatic rings. The summed E-state index contributed by atoms with van der Waals surface area (Å²) in [4.78, 5) is 22.8. The summed E-state index contributed by atoms with van der Waals surface area (Å²) in [6, 6.07) is 18.5. The van der Waals surface area contributed by atoms with Crippen molar-refractivity contribution in [1.82, 2.24) is 9.97 Å². The number of carbonyl (C=O) groups is 1. The lowest BCUT2D eigenvalue weighted by molar-refractivity contribution is 0.0692. The van der Waals surface area contributed by atoms with Gasteiger partial charge in [-0.15, -0.1) is 0 Å². The van der Waals surface area contributed by atoms with Gasteiger partial charge in [-0.1, -0.05) is 55.8 Å². The van der Waals surface area contributed by atoms with Crippen LogP contribution >= 0.6 is 0 Å². The van der Waals surface area contributed by atoms with Crippen molar-refractivity contribution in [2.75, 3.05) is 18.0 Å². The third-order valence-corrected chi connectivity index (χ3v) is 6.19. The number of aromatic carboxylic acids is 1. The first-order valence-corrected chi connectivity index (χ1v) is 11.7. The zero-order chi connectivity index (χ0) is 23.0. The van der Waals surface area contributed by atoms with Crippen molar-refractivity contribution in [3.63, 3.8) is 0 Å². The number of rotatable bonds is 9. The molecule has 0 saturated carbocycles. The maximum atomic E-state index is 11.7. The van der Waals surface area contributed by atoms with Crippen LogP contribution in [-0.4, -0.2) is 34.1 Å². The molecular formula is C27H31N3O3. The second kappa shape index (κ2) is 10.9. The number of nitrogens with zero attached hydrogens (tertiary/aromatic N) is 3. The Balaban J connectivity index is 1.40. The Morgan fingerprint density at radius 2 is 1.79 bits per heavy atom. The number of aromatic nitrogens is 2. The largest absolute Gasteiger partial charge is 0.487 e. The van der Waals surface area contributed by atoms with Crippen molar-refractivity contribution in [2.45, 2.75) is 45.6 Å². The van der Waals surface area contributed by atoms with Crippen LogP contribution in [-0.2, 0) is 19.4 Å². The van der Waals surface area contributed by atoms with E-state index >= 15 is 0 Å². The Labute approximate surface area is 195 Å². The maximum Gasteiger partial charge on any atom is 0.339 e. The molecule has 1 N–H and O–H groups in total. The average molecular weight is 446 g/mol. The van der Waals surface area contributed by atoms with Crippen LogP contribution < -0.4 is 9.64 Å².